The smallest absolute Gasteiger partial charge is 0.158 e. The fourth-order valence-corrected chi connectivity index (χ4v) is 1.36. The van der Waals surface area contributed by atoms with Crippen LogP contribution in [0.1, 0.15) is 11.5 Å². The van der Waals surface area contributed by atoms with Crippen molar-refractivity contribution in [1.82, 2.24) is 14.9 Å². The van der Waals surface area contributed by atoms with Crippen molar-refractivity contribution in [3.05, 3.63) is 22.4 Å². The van der Waals surface area contributed by atoms with E-state index in [1.165, 1.54) is 0 Å². The van der Waals surface area contributed by atoms with Crippen LogP contribution in [0.25, 0.3) is 11.4 Å². The van der Waals surface area contributed by atoms with E-state index < -0.39 is 0 Å². The van der Waals surface area contributed by atoms with E-state index in [9.17, 15) is 4.91 Å². The van der Waals surface area contributed by atoms with E-state index in [4.69, 9.17) is 4.52 Å². The minimum Gasteiger partial charge on any atom is -0.361 e. The van der Waals surface area contributed by atoms with Gasteiger partial charge in [-0.05, 0) is 19.0 Å². The highest BCUT2D eigenvalue weighted by Gasteiger charge is 2.18. The fraction of sp³-hybridized carbons (Fsp3) is 0.333. The zero-order valence-electron chi connectivity index (χ0n) is 8.68. The first-order chi connectivity index (χ1) is 7.13. The number of rotatable bonds is 2. The number of nitrogens with zero attached hydrogens (tertiary/aromatic N) is 4. The average molecular weight is 206 g/mol. The maximum Gasteiger partial charge on any atom is 0.158 e. The predicted molar refractivity (Wildman–Crippen MR) is 53.6 cm³/mol. The Balaban J connectivity index is 2.62. The van der Waals surface area contributed by atoms with Gasteiger partial charge in [0.15, 0.2) is 5.69 Å². The molecule has 0 unspecified atom stereocenters. The van der Waals surface area contributed by atoms with Crippen LogP contribution in [0.15, 0.2) is 15.8 Å². The Bertz CT molecular complexity index is 512. The molecule has 15 heavy (non-hydrogen) atoms. The molecule has 0 saturated heterocycles. The summed E-state index contributed by atoms with van der Waals surface area (Å²) in [6.07, 6.45) is 0. The molecular weight excluding hydrogens is 196 g/mol. The molecule has 78 valence electrons. The second-order valence-electron chi connectivity index (χ2n) is 3.32. The molecule has 0 aromatic carbocycles. The molecular formula is C9H10N4O2. The van der Waals surface area contributed by atoms with Crippen molar-refractivity contribution in [2.75, 3.05) is 0 Å². The van der Waals surface area contributed by atoms with Crippen LogP contribution in [0.4, 0.5) is 5.69 Å². The molecule has 0 radical (unpaired) electrons. The standard InChI is InChI=1S/C9H10N4O2/c1-5-4-7(12-15-5)9-8(11-14)6(2)13(3)10-9/h4H,1-3H3. The molecule has 6 nitrogen and oxygen atoms in total. The predicted octanol–water partition coefficient (Wildman–Crippen LogP) is 2.09. The van der Waals surface area contributed by atoms with E-state index in [1.54, 1.807) is 31.6 Å². The zero-order valence-corrected chi connectivity index (χ0v) is 8.68. The summed E-state index contributed by atoms with van der Waals surface area (Å²) in [5.74, 6) is 0.671. The molecule has 0 aliphatic carbocycles. The van der Waals surface area contributed by atoms with Crippen LogP contribution in [-0.4, -0.2) is 14.9 Å². The van der Waals surface area contributed by atoms with Crippen molar-refractivity contribution in [2.24, 2.45) is 12.2 Å². The summed E-state index contributed by atoms with van der Waals surface area (Å²) in [7, 11) is 1.75. The monoisotopic (exact) mass is 206 g/mol. The first kappa shape index (κ1) is 9.57. The lowest BCUT2D eigenvalue weighted by molar-refractivity contribution is 0.399. The van der Waals surface area contributed by atoms with Crippen molar-refractivity contribution in [2.45, 2.75) is 13.8 Å². The SMILES string of the molecule is Cc1cc(-c2nn(C)c(C)c2N=O)no1. The zero-order chi connectivity index (χ0) is 11.0. The van der Waals surface area contributed by atoms with Crippen molar-refractivity contribution in [3.63, 3.8) is 0 Å². The lowest BCUT2D eigenvalue weighted by Crippen LogP contribution is -1.92. The van der Waals surface area contributed by atoms with Gasteiger partial charge in [0.2, 0.25) is 0 Å². The van der Waals surface area contributed by atoms with Gasteiger partial charge in [0.25, 0.3) is 0 Å². The molecule has 2 aromatic heterocycles. The Morgan fingerprint density at radius 3 is 2.73 bits per heavy atom. The highest BCUT2D eigenvalue weighted by molar-refractivity contribution is 5.70. The average Bonchev–Trinajstić information content (AvgIpc) is 2.73. The Morgan fingerprint density at radius 2 is 2.20 bits per heavy atom. The molecule has 2 heterocycles. The van der Waals surface area contributed by atoms with Gasteiger partial charge in [-0.15, -0.1) is 4.91 Å². The van der Waals surface area contributed by atoms with Crippen LogP contribution in [0, 0.1) is 18.8 Å². The van der Waals surface area contributed by atoms with E-state index in [2.05, 4.69) is 15.4 Å². The van der Waals surface area contributed by atoms with Gasteiger partial charge in [-0.2, -0.15) is 5.10 Å². The maximum absolute atomic E-state index is 10.7. The summed E-state index contributed by atoms with van der Waals surface area (Å²) >= 11 is 0. The third-order valence-electron chi connectivity index (χ3n) is 2.26. The molecule has 0 saturated carbocycles. The Kier molecular flexibility index (Phi) is 2.11. The lowest BCUT2D eigenvalue weighted by atomic mass is 10.2. The summed E-state index contributed by atoms with van der Waals surface area (Å²) in [4.78, 5) is 10.7. The first-order valence-corrected chi connectivity index (χ1v) is 4.44. The van der Waals surface area contributed by atoms with Crippen LogP contribution in [0.3, 0.4) is 0 Å². The van der Waals surface area contributed by atoms with Gasteiger partial charge >= 0.3 is 0 Å². The number of hydrogen-bond acceptors (Lipinski definition) is 5. The summed E-state index contributed by atoms with van der Waals surface area (Å²) in [6.45, 7) is 3.56. The highest BCUT2D eigenvalue weighted by atomic mass is 16.5. The van der Waals surface area contributed by atoms with Crippen LogP contribution in [0.2, 0.25) is 0 Å². The van der Waals surface area contributed by atoms with Gasteiger partial charge in [0, 0.05) is 13.1 Å². The van der Waals surface area contributed by atoms with Crippen molar-refractivity contribution >= 4 is 5.69 Å². The first-order valence-electron chi connectivity index (χ1n) is 4.44. The van der Waals surface area contributed by atoms with Crippen LogP contribution in [-0.2, 0) is 7.05 Å². The van der Waals surface area contributed by atoms with Crippen LogP contribution < -0.4 is 0 Å². The minimum absolute atomic E-state index is 0.311. The number of nitroso groups, excluding NO2 is 1. The van der Waals surface area contributed by atoms with E-state index in [0.717, 1.165) is 0 Å². The molecule has 0 amide bonds. The topological polar surface area (TPSA) is 73.3 Å². The molecule has 0 atom stereocenters. The highest BCUT2D eigenvalue weighted by Crippen LogP contribution is 2.31. The van der Waals surface area contributed by atoms with Gasteiger partial charge in [0.05, 0.1) is 5.69 Å². The quantitative estimate of drug-likeness (QED) is 0.705. The van der Waals surface area contributed by atoms with Gasteiger partial charge in [-0.25, -0.2) is 0 Å². The molecule has 6 heteroatoms. The molecule has 2 rings (SSSR count). The molecule has 0 aliphatic heterocycles. The summed E-state index contributed by atoms with van der Waals surface area (Å²) in [5.41, 5.74) is 2.01. The lowest BCUT2D eigenvalue weighted by Gasteiger charge is -1.89. The second kappa shape index (κ2) is 3.30. The summed E-state index contributed by atoms with van der Waals surface area (Å²) in [5, 5.41) is 10.9. The van der Waals surface area contributed by atoms with E-state index in [-0.39, 0.29) is 0 Å². The normalized spacial score (nSPS) is 10.6. The van der Waals surface area contributed by atoms with Gasteiger partial charge in [-0.1, -0.05) is 5.16 Å². The summed E-state index contributed by atoms with van der Waals surface area (Å²) < 4.78 is 6.52. The number of aryl methyl sites for hydroxylation is 2. The van der Waals surface area contributed by atoms with Crippen molar-refractivity contribution in [3.8, 4) is 11.4 Å². The van der Waals surface area contributed by atoms with E-state index in [0.29, 0.717) is 28.5 Å². The Hall–Kier alpha value is -1.98. The largest absolute Gasteiger partial charge is 0.361 e. The van der Waals surface area contributed by atoms with E-state index >= 15 is 0 Å². The number of hydrogen-bond donors (Lipinski definition) is 0. The third kappa shape index (κ3) is 1.43. The number of aromatic nitrogens is 3. The fourth-order valence-electron chi connectivity index (χ4n) is 1.36. The molecule has 2 aromatic rings. The van der Waals surface area contributed by atoms with Crippen molar-refractivity contribution in [1.29, 1.82) is 0 Å². The molecule has 0 fully saturated rings. The van der Waals surface area contributed by atoms with Crippen molar-refractivity contribution < 1.29 is 4.52 Å². The summed E-state index contributed by atoms with van der Waals surface area (Å²) in [6, 6.07) is 1.72. The Labute approximate surface area is 85.9 Å². The Morgan fingerprint density at radius 1 is 1.47 bits per heavy atom. The maximum atomic E-state index is 10.7. The molecule has 0 bridgehead atoms. The van der Waals surface area contributed by atoms with E-state index in [1.807, 2.05) is 0 Å². The van der Waals surface area contributed by atoms with Gasteiger partial charge < -0.3 is 4.52 Å². The van der Waals surface area contributed by atoms with Crippen LogP contribution in [0.5, 0.6) is 0 Å². The third-order valence-corrected chi connectivity index (χ3v) is 2.26. The second-order valence-corrected chi connectivity index (χ2v) is 3.32. The van der Waals surface area contributed by atoms with Gasteiger partial charge in [-0.3, -0.25) is 4.68 Å². The van der Waals surface area contributed by atoms with Gasteiger partial charge in [0.1, 0.15) is 17.1 Å². The minimum atomic E-state index is 0.311. The van der Waals surface area contributed by atoms with Crippen LogP contribution >= 0.6 is 0 Å². The molecule has 0 spiro atoms. The molecule has 0 aliphatic rings. The molecule has 0 N–H and O–H groups in total.